The van der Waals surface area contributed by atoms with Crippen molar-refractivity contribution >= 4 is 33.2 Å². The summed E-state index contributed by atoms with van der Waals surface area (Å²) < 4.78 is 52.6. The Labute approximate surface area is 246 Å². The van der Waals surface area contributed by atoms with Gasteiger partial charge in [0.1, 0.15) is 5.75 Å². The lowest BCUT2D eigenvalue weighted by molar-refractivity contribution is -0.118. The number of amides is 1. The number of aromatic hydroxyl groups is 1. The van der Waals surface area contributed by atoms with Crippen molar-refractivity contribution in [3.8, 4) is 17.6 Å². The van der Waals surface area contributed by atoms with Gasteiger partial charge in [-0.3, -0.25) is 9.69 Å². The van der Waals surface area contributed by atoms with E-state index in [1.54, 1.807) is 11.5 Å². The summed E-state index contributed by atoms with van der Waals surface area (Å²) in [6, 6.07) is 6.55. The van der Waals surface area contributed by atoms with Gasteiger partial charge in [0.25, 0.3) is 6.43 Å². The highest BCUT2D eigenvalue weighted by Crippen LogP contribution is 2.30. The van der Waals surface area contributed by atoms with Crippen LogP contribution in [0.3, 0.4) is 0 Å². The molecule has 8 nitrogen and oxygen atoms in total. The van der Waals surface area contributed by atoms with E-state index in [1.165, 1.54) is 17.0 Å². The number of carbonyl (C=O) groups excluding carboxylic acids is 1. The molecular weight excluding hydrogens is 562 g/mol. The normalized spacial score (nSPS) is 18.7. The van der Waals surface area contributed by atoms with Crippen molar-refractivity contribution < 1.29 is 27.1 Å². The fourth-order valence-corrected chi connectivity index (χ4v) is 6.40. The molecule has 0 bridgehead atoms. The highest BCUT2D eigenvalue weighted by molar-refractivity contribution is 7.90. The number of rotatable bonds is 9. The van der Waals surface area contributed by atoms with Crippen LogP contribution < -0.4 is 20.8 Å². The van der Waals surface area contributed by atoms with Crippen LogP contribution in [0.5, 0.6) is 5.75 Å². The monoisotopic (exact) mass is 602 g/mol. The smallest absolute Gasteiger partial charge is 0.256 e. The predicted octanol–water partition coefficient (Wildman–Crippen LogP) is 2.80. The number of phenols is 1. The molecule has 1 fully saturated rings. The molecule has 2 aliphatic rings. The molecule has 11 heteroatoms. The van der Waals surface area contributed by atoms with Crippen LogP contribution in [0.4, 0.5) is 14.5 Å². The second-order valence-corrected chi connectivity index (χ2v) is 13.2. The number of alkyl halides is 2. The van der Waals surface area contributed by atoms with Gasteiger partial charge in [0.2, 0.25) is 5.91 Å². The molecular formula is C31H40F2N4O4S. The number of nitrogens with zero attached hydrogens (tertiary/aromatic N) is 3. The number of hydrogen-bond donors (Lipinski definition) is 2. The number of halogens is 2. The first-order valence-corrected chi connectivity index (χ1v) is 16.2. The van der Waals surface area contributed by atoms with E-state index in [2.05, 4.69) is 36.2 Å². The van der Waals surface area contributed by atoms with E-state index in [0.717, 1.165) is 67.1 Å². The standard InChI is InChI=1S/C31H40F2N4O4S/c1-5-31(39)36(28-16-15-24(19-29(28)38)42(4,40)41)17-7-8-23-18-25-26(9-6-10-27(25)37(23)20-30(32)33)34-21-11-13-22(14-12-21)35(2)3/h10,15-16,18-19,21-22,30,34,38H,5-6,9,11-14,17,20H2,1-4H3. The number of anilines is 1. The molecule has 0 radical (unpaired) electrons. The van der Waals surface area contributed by atoms with Crippen molar-refractivity contribution in [3.63, 3.8) is 0 Å². The van der Waals surface area contributed by atoms with Gasteiger partial charge in [-0.2, -0.15) is 0 Å². The van der Waals surface area contributed by atoms with Gasteiger partial charge >= 0.3 is 0 Å². The Balaban J connectivity index is 1.65. The summed E-state index contributed by atoms with van der Waals surface area (Å²) in [5.41, 5.74) is 1.60. The first kappa shape index (κ1) is 31.6. The minimum absolute atomic E-state index is 0.0724. The number of benzene rings is 1. The molecule has 0 spiro atoms. The molecule has 2 N–H and O–H groups in total. The maximum absolute atomic E-state index is 13.7. The van der Waals surface area contributed by atoms with Gasteiger partial charge in [0, 0.05) is 47.1 Å². The zero-order valence-corrected chi connectivity index (χ0v) is 25.5. The molecule has 0 atom stereocenters. The lowest BCUT2D eigenvalue weighted by atomic mass is 9.90. The largest absolute Gasteiger partial charge is 0.506 e. The summed E-state index contributed by atoms with van der Waals surface area (Å²) in [6.07, 6.45) is 6.42. The van der Waals surface area contributed by atoms with Gasteiger partial charge in [-0.15, -0.1) is 0 Å². The van der Waals surface area contributed by atoms with Crippen LogP contribution in [-0.4, -0.2) is 74.3 Å². The summed E-state index contributed by atoms with van der Waals surface area (Å²) >= 11 is 0. The molecule has 1 aromatic heterocycles. The minimum atomic E-state index is -3.55. The molecule has 1 heterocycles. The SMILES string of the molecule is CCC(=O)N(CC#Cc1cc2c(n1CC(F)F)=CCCC=2NC1CCC(N(C)C)CC1)c1ccc(S(C)(=O)=O)cc1O. The minimum Gasteiger partial charge on any atom is -0.506 e. The van der Waals surface area contributed by atoms with Crippen molar-refractivity contribution in [3.05, 3.63) is 40.5 Å². The number of phenolic OH excluding ortho intramolecular Hbond substituents is 1. The van der Waals surface area contributed by atoms with Gasteiger partial charge in [0.05, 0.1) is 29.4 Å². The quantitative estimate of drug-likeness (QED) is 0.429. The van der Waals surface area contributed by atoms with Crippen LogP contribution >= 0.6 is 0 Å². The van der Waals surface area contributed by atoms with Crippen LogP contribution in [0.15, 0.2) is 29.2 Å². The Morgan fingerprint density at radius 2 is 1.90 bits per heavy atom. The Morgan fingerprint density at radius 1 is 1.19 bits per heavy atom. The summed E-state index contributed by atoms with van der Waals surface area (Å²) in [6.45, 7) is 1.05. The molecule has 0 saturated heterocycles. The number of fused-ring (bicyclic) bond motifs is 1. The predicted molar refractivity (Wildman–Crippen MR) is 160 cm³/mol. The molecule has 4 rings (SSSR count). The number of aromatic nitrogens is 1. The van der Waals surface area contributed by atoms with E-state index >= 15 is 0 Å². The topological polar surface area (TPSA) is 94.9 Å². The van der Waals surface area contributed by atoms with E-state index in [0.29, 0.717) is 17.8 Å². The lowest BCUT2D eigenvalue weighted by Crippen LogP contribution is -2.43. The molecule has 42 heavy (non-hydrogen) atoms. The molecule has 2 aromatic rings. The van der Waals surface area contributed by atoms with E-state index < -0.39 is 22.8 Å². The van der Waals surface area contributed by atoms with Crippen LogP contribution in [0.1, 0.15) is 57.6 Å². The molecule has 0 unspecified atom stereocenters. The molecule has 228 valence electrons. The second-order valence-electron chi connectivity index (χ2n) is 11.2. The fraction of sp³-hybridized carbons (Fsp3) is 0.516. The average Bonchev–Trinajstić information content (AvgIpc) is 3.28. The Kier molecular flexibility index (Phi) is 10.00. The third kappa shape index (κ3) is 7.34. The van der Waals surface area contributed by atoms with Crippen LogP contribution in [-0.2, 0) is 21.2 Å². The maximum atomic E-state index is 13.7. The van der Waals surface area contributed by atoms with Crippen LogP contribution in [0.25, 0.3) is 11.8 Å². The van der Waals surface area contributed by atoms with Crippen LogP contribution in [0, 0.1) is 11.8 Å². The Hall–Kier alpha value is -3.36. The highest BCUT2D eigenvalue weighted by Gasteiger charge is 2.24. The molecule has 1 aromatic carbocycles. The third-order valence-corrected chi connectivity index (χ3v) is 9.15. The number of sulfone groups is 1. The number of hydrogen-bond acceptors (Lipinski definition) is 6. The Bertz CT molecular complexity index is 1600. The van der Waals surface area contributed by atoms with Crippen molar-refractivity contribution in [1.29, 1.82) is 0 Å². The van der Waals surface area contributed by atoms with Gasteiger partial charge in [-0.1, -0.05) is 18.9 Å². The third-order valence-electron chi connectivity index (χ3n) is 8.04. The van der Waals surface area contributed by atoms with E-state index in [4.69, 9.17) is 0 Å². The van der Waals surface area contributed by atoms with Gasteiger partial charge < -0.3 is 19.9 Å². The summed E-state index contributed by atoms with van der Waals surface area (Å²) in [5, 5.41) is 15.9. The fourth-order valence-electron chi connectivity index (χ4n) is 5.75. The van der Waals surface area contributed by atoms with Crippen molar-refractivity contribution in [2.45, 2.75) is 81.8 Å². The van der Waals surface area contributed by atoms with Crippen molar-refractivity contribution in [2.24, 2.45) is 0 Å². The maximum Gasteiger partial charge on any atom is 0.256 e. The highest BCUT2D eigenvalue weighted by atomic mass is 32.2. The number of carbonyl (C=O) groups is 1. The first-order valence-electron chi connectivity index (χ1n) is 14.3. The average molecular weight is 603 g/mol. The molecule has 1 saturated carbocycles. The Morgan fingerprint density at radius 3 is 2.50 bits per heavy atom. The lowest BCUT2D eigenvalue weighted by Gasteiger charge is -2.34. The van der Waals surface area contributed by atoms with E-state index in [9.17, 15) is 27.1 Å². The molecule has 1 amide bonds. The number of nitrogens with one attached hydrogen (secondary N) is 1. The zero-order valence-electron chi connectivity index (χ0n) is 24.7. The summed E-state index contributed by atoms with van der Waals surface area (Å²) in [5.74, 6) is 5.24. The van der Waals surface area contributed by atoms with Crippen molar-refractivity contribution in [2.75, 3.05) is 31.8 Å². The van der Waals surface area contributed by atoms with Crippen LogP contribution in [0.2, 0.25) is 0 Å². The molecule has 0 aliphatic heterocycles. The van der Waals surface area contributed by atoms with Gasteiger partial charge in [-0.25, -0.2) is 17.2 Å². The van der Waals surface area contributed by atoms with E-state index in [-0.39, 0.29) is 35.2 Å². The van der Waals surface area contributed by atoms with Crippen molar-refractivity contribution in [1.82, 2.24) is 14.8 Å². The zero-order chi connectivity index (χ0) is 30.6. The van der Waals surface area contributed by atoms with E-state index in [1.807, 2.05) is 12.1 Å². The molecule has 2 aliphatic carbocycles. The second kappa shape index (κ2) is 13.3. The van der Waals surface area contributed by atoms with Gasteiger partial charge in [0.15, 0.2) is 9.84 Å². The first-order chi connectivity index (χ1) is 19.9. The summed E-state index contributed by atoms with van der Waals surface area (Å²) in [4.78, 5) is 16.2. The van der Waals surface area contributed by atoms with Gasteiger partial charge in [-0.05, 0) is 76.7 Å². The summed E-state index contributed by atoms with van der Waals surface area (Å²) in [7, 11) is 0.670.